The van der Waals surface area contributed by atoms with E-state index in [2.05, 4.69) is 5.32 Å². The largest absolute Gasteiger partial charge is 0.480 e. The molecule has 0 radical (unpaired) electrons. The van der Waals surface area contributed by atoms with Crippen molar-refractivity contribution in [1.82, 2.24) is 5.32 Å². The van der Waals surface area contributed by atoms with Crippen molar-refractivity contribution in [2.75, 3.05) is 0 Å². The van der Waals surface area contributed by atoms with Gasteiger partial charge in [-0.1, -0.05) is 36.2 Å². The number of halogens is 2. The third-order valence-electron chi connectivity index (χ3n) is 4.08. The first-order valence-corrected chi connectivity index (χ1v) is 7.54. The molecular weight excluding hydrogens is 313 g/mol. The Morgan fingerprint density at radius 3 is 2.57 bits per heavy atom. The maximum atomic E-state index is 12.2. The molecule has 3 atom stereocenters. The standard InChI is InChI=1S/C15H17Cl2NO3/c1-3-15(2,14(20)21)18-13(19)10-7-9(10)8-4-5-11(16)12(17)6-8/h4-6,9-10H,3,7H2,1-2H3,(H,18,19)(H,20,21). The number of carboxylic acids is 1. The Labute approximate surface area is 133 Å². The molecule has 2 N–H and O–H groups in total. The van der Waals surface area contributed by atoms with Crippen LogP contribution in [0.3, 0.4) is 0 Å². The quantitative estimate of drug-likeness (QED) is 0.869. The number of amides is 1. The normalized spacial score (nSPS) is 23.2. The van der Waals surface area contributed by atoms with Crippen LogP contribution in [0.25, 0.3) is 0 Å². The third-order valence-corrected chi connectivity index (χ3v) is 4.82. The van der Waals surface area contributed by atoms with Gasteiger partial charge in [-0.3, -0.25) is 4.79 Å². The van der Waals surface area contributed by atoms with Gasteiger partial charge in [0.15, 0.2) is 0 Å². The first-order valence-electron chi connectivity index (χ1n) is 6.79. The first kappa shape index (κ1) is 16.1. The molecule has 1 aliphatic rings. The number of benzene rings is 1. The Morgan fingerprint density at radius 1 is 1.38 bits per heavy atom. The van der Waals surface area contributed by atoms with Gasteiger partial charge in [-0.25, -0.2) is 4.79 Å². The summed E-state index contributed by atoms with van der Waals surface area (Å²) in [6, 6.07) is 5.32. The Hall–Kier alpha value is -1.26. The summed E-state index contributed by atoms with van der Waals surface area (Å²) in [5.41, 5.74) is -0.264. The van der Waals surface area contributed by atoms with Gasteiger partial charge < -0.3 is 10.4 Å². The summed E-state index contributed by atoms with van der Waals surface area (Å²) < 4.78 is 0. The molecule has 114 valence electrons. The van der Waals surface area contributed by atoms with Crippen molar-refractivity contribution in [2.24, 2.45) is 5.92 Å². The Morgan fingerprint density at radius 2 is 2.05 bits per heavy atom. The summed E-state index contributed by atoms with van der Waals surface area (Å²) in [5.74, 6) is -1.37. The van der Waals surface area contributed by atoms with Gasteiger partial charge in [-0.2, -0.15) is 0 Å². The fourth-order valence-electron chi connectivity index (χ4n) is 2.25. The average molecular weight is 330 g/mol. The zero-order valence-electron chi connectivity index (χ0n) is 11.8. The summed E-state index contributed by atoms with van der Waals surface area (Å²) in [6.07, 6.45) is 1.03. The lowest BCUT2D eigenvalue weighted by atomic mass is 9.98. The highest BCUT2D eigenvalue weighted by molar-refractivity contribution is 6.42. The number of carbonyl (C=O) groups excluding carboxylic acids is 1. The molecule has 6 heteroatoms. The van der Waals surface area contributed by atoms with E-state index < -0.39 is 11.5 Å². The lowest BCUT2D eigenvalue weighted by Crippen LogP contribution is -2.52. The van der Waals surface area contributed by atoms with Crippen molar-refractivity contribution in [1.29, 1.82) is 0 Å². The van der Waals surface area contributed by atoms with E-state index in [4.69, 9.17) is 23.2 Å². The molecule has 3 unspecified atom stereocenters. The molecule has 1 aromatic rings. The van der Waals surface area contributed by atoms with E-state index in [0.29, 0.717) is 22.9 Å². The van der Waals surface area contributed by atoms with Crippen LogP contribution in [0.15, 0.2) is 18.2 Å². The summed E-state index contributed by atoms with van der Waals surface area (Å²) in [7, 11) is 0. The maximum absolute atomic E-state index is 12.2. The second-order valence-electron chi connectivity index (χ2n) is 5.60. The lowest BCUT2D eigenvalue weighted by molar-refractivity contribution is -0.147. The first-order chi connectivity index (χ1) is 9.78. The lowest BCUT2D eigenvalue weighted by Gasteiger charge is -2.24. The Kier molecular flexibility index (Phi) is 4.49. The molecule has 1 aliphatic carbocycles. The third kappa shape index (κ3) is 3.33. The van der Waals surface area contributed by atoms with Crippen LogP contribution in [0.2, 0.25) is 10.0 Å². The smallest absolute Gasteiger partial charge is 0.329 e. The van der Waals surface area contributed by atoms with Crippen molar-refractivity contribution < 1.29 is 14.7 Å². The van der Waals surface area contributed by atoms with Gasteiger partial charge >= 0.3 is 5.97 Å². The zero-order chi connectivity index (χ0) is 15.8. The molecule has 1 amide bonds. The topological polar surface area (TPSA) is 66.4 Å². The molecule has 0 spiro atoms. The van der Waals surface area contributed by atoms with E-state index >= 15 is 0 Å². The van der Waals surface area contributed by atoms with E-state index in [0.717, 1.165) is 5.56 Å². The molecule has 2 rings (SSSR count). The van der Waals surface area contributed by atoms with Crippen LogP contribution >= 0.6 is 23.2 Å². The van der Waals surface area contributed by atoms with Crippen LogP contribution in [-0.4, -0.2) is 22.5 Å². The average Bonchev–Trinajstić information content (AvgIpc) is 3.22. The van der Waals surface area contributed by atoms with Crippen LogP contribution in [0.5, 0.6) is 0 Å². The van der Waals surface area contributed by atoms with Gasteiger partial charge in [-0.05, 0) is 43.4 Å². The number of carbonyl (C=O) groups is 2. The fourth-order valence-corrected chi connectivity index (χ4v) is 2.56. The Balaban J connectivity index is 2.04. The highest BCUT2D eigenvalue weighted by atomic mass is 35.5. The zero-order valence-corrected chi connectivity index (χ0v) is 13.3. The van der Waals surface area contributed by atoms with Gasteiger partial charge in [0, 0.05) is 5.92 Å². The number of carboxylic acid groups (broad SMARTS) is 1. The summed E-state index contributed by atoms with van der Waals surface area (Å²) in [6.45, 7) is 3.25. The van der Waals surface area contributed by atoms with Crippen molar-refractivity contribution in [3.05, 3.63) is 33.8 Å². The van der Waals surface area contributed by atoms with Gasteiger partial charge in [0.2, 0.25) is 5.91 Å². The maximum Gasteiger partial charge on any atom is 0.329 e. The molecule has 1 fully saturated rings. The van der Waals surface area contributed by atoms with E-state index in [1.54, 1.807) is 19.1 Å². The van der Waals surface area contributed by atoms with Crippen molar-refractivity contribution in [2.45, 2.75) is 38.1 Å². The van der Waals surface area contributed by atoms with E-state index in [-0.39, 0.29) is 17.7 Å². The highest BCUT2D eigenvalue weighted by Gasteiger charge is 2.46. The number of hydrogen-bond donors (Lipinski definition) is 2. The van der Waals surface area contributed by atoms with Crippen molar-refractivity contribution in [3.8, 4) is 0 Å². The Bertz CT molecular complexity index is 590. The predicted octanol–water partition coefficient (Wildman–Crippen LogP) is 3.47. The van der Waals surface area contributed by atoms with Gasteiger partial charge in [0.05, 0.1) is 10.0 Å². The molecule has 1 aromatic carbocycles. The highest BCUT2D eigenvalue weighted by Crippen LogP contribution is 2.48. The minimum Gasteiger partial charge on any atom is -0.480 e. The van der Waals surface area contributed by atoms with E-state index in [1.807, 2.05) is 6.07 Å². The van der Waals surface area contributed by atoms with Crippen molar-refractivity contribution in [3.63, 3.8) is 0 Å². The van der Waals surface area contributed by atoms with E-state index in [1.165, 1.54) is 6.92 Å². The minimum absolute atomic E-state index is 0.0784. The molecule has 0 heterocycles. The molecule has 0 aromatic heterocycles. The van der Waals surface area contributed by atoms with Crippen LogP contribution in [0.1, 0.15) is 38.2 Å². The fraction of sp³-hybridized carbons (Fsp3) is 0.467. The molecule has 21 heavy (non-hydrogen) atoms. The van der Waals surface area contributed by atoms with Gasteiger partial charge in [0.25, 0.3) is 0 Å². The SMILES string of the molecule is CCC(C)(NC(=O)C1CC1c1ccc(Cl)c(Cl)c1)C(=O)O. The molecule has 1 saturated carbocycles. The van der Waals surface area contributed by atoms with Gasteiger partial charge in [0.1, 0.15) is 5.54 Å². The van der Waals surface area contributed by atoms with Crippen LogP contribution in [-0.2, 0) is 9.59 Å². The monoisotopic (exact) mass is 329 g/mol. The van der Waals surface area contributed by atoms with Crippen LogP contribution in [0.4, 0.5) is 0 Å². The molecule has 0 saturated heterocycles. The van der Waals surface area contributed by atoms with E-state index in [9.17, 15) is 14.7 Å². The summed E-state index contributed by atoms with van der Waals surface area (Å²) in [4.78, 5) is 23.4. The molecule has 0 aliphatic heterocycles. The van der Waals surface area contributed by atoms with Crippen LogP contribution < -0.4 is 5.32 Å². The number of nitrogens with one attached hydrogen (secondary N) is 1. The second kappa shape index (κ2) is 5.85. The second-order valence-corrected chi connectivity index (χ2v) is 6.42. The number of hydrogen-bond acceptors (Lipinski definition) is 2. The van der Waals surface area contributed by atoms with Crippen molar-refractivity contribution >= 4 is 35.1 Å². The summed E-state index contributed by atoms with van der Waals surface area (Å²) >= 11 is 11.8. The number of rotatable bonds is 5. The van der Waals surface area contributed by atoms with Gasteiger partial charge in [-0.15, -0.1) is 0 Å². The molecular formula is C15H17Cl2NO3. The summed E-state index contributed by atoms with van der Waals surface area (Å²) in [5, 5.41) is 12.8. The number of aliphatic carboxylic acids is 1. The minimum atomic E-state index is -1.22. The predicted molar refractivity (Wildman–Crippen MR) is 81.8 cm³/mol. The molecule has 4 nitrogen and oxygen atoms in total. The molecule has 0 bridgehead atoms. The van der Waals surface area contributed by atoms with Crippen LogP contribution in [0, 0.1) is 5.92 Å².